The number of aliphatic hydroxyl groups is 1. The lowest BCUT2D eigenvalue weighted by Gasteiger charge is -2.27. The van der Waals surface area contributed by atoms with Crippen molar-refractivity contribution in [3.63, 3.8) is 0 Å². The van der Waals surface area contributed by atoms with Crippen molar-refractivity contribution in [2.24, 2.45) is 0 Å². The van der Waals surface area contributed by atoms with Crippen LogP contribution in [0.15, 0.2) is 11.2 Å². The van der Waals surface area contributed by atoms with Crippen molar-refractivity contribution in [1.29, 1.82) is 0 Å². The Morgan fingerprint density at radius 3 is 2.63 bits per heavy atom. The van der Waals surface area contributed by atoms with E-state index in [9.17, 15) is 13.5 Å². The fourth-order valence-corrected chi connectivity index (χ4v) is 3.75. The van der Waals surface area contributed by atoms with Crippen molar-refractivity contribution in [2.75, 3.05) is 13.1 Å². The summed E-state index contributed by atoms with van der Waals surface area (Å²) in [5, 5.41) is 9.56. The van der Waals surface area contributed by atoms with Gasteiger partial charge >= 0.3 is 0 Å². The molecule has 1 aliphatic heterocycles. The Balaban J connectivity index is 2.22. The molecule has 1 saturated heterocycles. The zero-order chi connectivity index (χ0) is 14.0. The van der Waals surface area contributed by atoms with E-state index in [1.165, 1.54) is 4.31 Å². The highest BCUT2D eigenvalue weighted by molar-refractivity contribution is 7.89. The van der Waals surface area contributed by atoms with Crippen LogP contribution in [0, 0.1) is 6.92 Å². The molecule has 0 spiro atoms. The Hall–Kier alpha value is -0.920. The maximum atomic E-state index is 12.4. The van der Waals surface area contributed by atoms with Crippen LogP contribution in [0.4, 0.5) is 0 Å². The Labute approximate surface area is 114 Å². The predicted octanol–water partition coefficient (Wildman–Crippen LogP) is 0.747. The lowest BCUT2D eigenvalue weighted by atomic mass is 10.1. The van der Waals surface area contributed by atoms with Crippen molar-refractivity contribution in [3.8, 4) is 0 Å². The van der Waals surface area contributed by atoms with Crippen LogP contribution in [0.2, 0.25) is 0 Å². The smallest absolute Gasteiger partial charge is 0.262 e. The van der Waals surface area contributed by atoms with Gasteiger partial charge in [-0.05, 0) is 26.2 Å². The zero-order valence-electron chi connectivity index (χ0n) is 11.4. The second-order valence-electron chi connectivity index (χ2n) is 4.96. The van der Waals surface area contributed by atoms with E-state index < -0.39 is 10.0 Å². The van der Waals surface area contributed by atoms with E-state index in [1.54, 1.807) is 6.20 Å². The van der Waals surface area contributed by atoms with E-state index in [0.29, 0.717) is 25.9 Å². The molecule has 7 heteroatoms. The third-order valence-electron chi connectivity index (χ3n) is 3.45. The van der Waals surface area contributed by atoms with E-state index >= 15 is 0 Å². The van der Waals surface area contributed by atoms with Gasteiger partial charge in [-0.3, -0.25) is 0 Å². The first-order valence-corrected chi connectivity index (χ1v) is 8.11. The highest BCUT2D eigenvalue weighted by Crippen LogP contribution is 2.20. The van der Waals surface area contributed by atoms with Crippen LogP contribution >= 0.6 is 0 Å². The predicted molar refractivity (Wildman–Crippen MR) is 71.3 cm³/mol. The van der Waals surface area contributed by atoms with Crippen LogP contribution in [-0.4, -0.2) is 46.6 Å². The number of sulfonamides is 1. The van der Waals surface area contributed by atoms with E-state index in [4.69, 9.17) is 0 Å². The molecule has 0 amide bonds. The molecule has 0 radical (unpaired) electrons. The van der Waals surface area contributed by atoms with Crippen LogP contribution < -0.4 is 0 Å². The molecule has 0 unspecified atom stereocenters. The van der Waals surface area contributed by atoms with Gasteiger partial charge in [0.1, 0.15) is 5.82 Å². The molecular formula is C12H21N3O3S. The summed E-state index contributed by atoms with van der Waals surface area (Å²) in [7, 11) is -3.52. The molecule has 0 aliphatic carbocycles. The van der Waals surface area contributed by atoms with Gasteiger partial charge in [0.2, 0.25) is 0 Å². The maximum absolute atomic E-state index is 12.4. The van der Waals surface area contributed by atoms with Crippen molar-refractivity contribution in [2.45, 2.75) is 50.8 Å². The fourth-order valence-electron chi connectivity index (χ4n) is 2.29. The SMILES string of the molecule is CCCn1cc(S(=O)(=O)N2CCC(O)CC2)nc1C. The van der Waals surface area contributed by atoms with Crippen LogP contribution in [-0.2, 0) is 16.6 Å². The molecule has 1 aromatic rings. The largest absolute Gasteiger partial charge is 0.393 e. The molecular weight excluding hydrogens is 266 g/mol. The summed E-state index contributed by atoms with van der Waals surface area (Å²) in [5.41, 5.74) is 0. The second-order valence-corrected chi connectivity index (χ2v) is 6.84. The van der Waals surface area contributed by atoms with Crippen molar-refractivity contribution >= 4 is 10.0 Å². The highest BCUT2D eigenvalue weighted by atomic mass is 32.2. The summed E-state index contributed by atoms with van der Waals surface area (Å²) >= 11 is 0. The average molecular weight is 287 g/mol. The zero-order valence-corrected chi connectivity index (χ0v) is 12.2. The monoisotopic (exact) mass is 287 g/mol. The first-order chi connectivity index (χ1) is 8.95. The summed E-state index contributed by atoms with van der Waals surface area (Å²) in [6.45, 7) is 5.35. The van der Waals surface area contributed by atoms with Crippen LogP contribution in [0.25, 0.3) is 0 Å². The standard InChI is InChI=1S/C12H21N3O3S/c1-3-6-14-9-12(13-10(14)2)19(17,18)15-7-4-11(16)5-8-15/h9,11,16H,3-8H2,1-2H3. The molecule has 0 saturated carbocycles. The summed E-state index contributed by atoms with van der Waals surface area (Å²) in [6.07, 6.45) is 3.15. The van der Waals surface area contributed by atoms with Gasteiger partial charge in [0.25, 0.3) is 10.0 Å². The molecule has 2 rings (SSSR count). The molecule has 1 aromatic heterocycles. The van der Waals surface area contributed by atoms with Crippen LogP contribution in [0.1, 0.15) is 32.0 Å². The van der Waals surface area contributed by atoms with Crippen molar-refractivity contribution in [1.82, 2.24) is 13.9 Å². The Bertz CT molecular complexity index is 530. The molecule has 6 nitrogen and oxygen atoms in total. The maximum Gasteiger partial charge on any atom is 0.262 e. The van der Waals surface area contributed by atoms with Gasteiger partial charge in [-0.2, -0.15) is 4.31 Å². The van der Waals surface area contributed by atoms with Crippen LogP contribution in [0.5, 0.6) is 0 Å². The highest BCUT2D eigenvalue weighted by Gasteiger charge is 2.30. The number of aryl methyl sites for hydroxylation is 2. The van der Waals surface area contributed by atoms with Crippen molar-refractivity contribution < 1.29 is 13.5 Å². The minimum Gasteiger partial charge on any atom is -0.393 e. The van der Waals surface area contributed by atoms with E-state index in [-0.39, 0.29) is 11.1 Å². The van der Waals surface area contributed by atoms with Gasteiger partial charge in [0.05, 0.1) is 6.10 Å². The minimum atomic E-state index is -3.52. The van der Waals surface area contributed by atoms with Gasteiger partial charge in [-0.25, -0.2) is 13.4 Å². The number of hydrogen-bond donors (Lipinski definition) is 1. The van der Waals surface area contributed by atoms with Crippen LogP contribution in [0.3, 0.4) is 0 Å². The second kappa shape index (κ2) is 5.60. The number of nitrogens with zero attached hydrogens (tertiary/aromatic N) is 3. The number of rotatable bonds is 4. The number of imidazole rings is 1. The van der Waals surface area contributed by atoms with Gasteiger partial charge in [-0.1, -0.05) is 6.92 Å². The molecule has 0 atom stereocenters. The third kappa shape index (κ3) is 2.98. The average Bonchev–Trinajstić information content (AvgIpc) is 2.73. The molecule has 108 valence electrons. The third-order valence-corrected chi connectivity index (χ3v) is 5.22. The Morgan fingerprint density at radius 2 is 2.05 bits per heavy atom. The summed E-state index contributed by atoms with van der Waals surface area (Å²) < 4.78 is 28.1. The molecule has 1 fully saturated rings. The number of aromatic nitrogens is 2. The molecule has 1 aliphatic rings. The molecule has 1 N–H and O–H groups in total. The van der Waals surface area contributed by atoms with Gasteiger partial charge in [0.15, 0.2) is 5.03 Å². The van der Waals surface area contributed by atoms with Gasteiger partial charge < -0.3 is 9.67 Å². The first kappa shape index (κ1) is 14.5. The molecule has 19 heavy (non-hydrogen) atoms. The summed E-state index contributed by atoms with van der Waals surface area (Å²) in [4.78, 5) is 4.17. The Morgan fingerprint density at radius 1 is 1.42 bits per heavy atom. The lowest BCUT2D eigenvalue weighted by molar-refractivity contribution is 0.113. The summed E-state index contributed by atoms with van der Waals surface area (Å²) in [6, 6.07) is 0. The molecule has 0 aromatic carbocycles. The van der Waals surface area contributed by atoms with E-state index in [1.807, 2.05) is 18.4 Å². The number of hydrogen-bond acceptors (Lipinski definition) is 4. The van der Waals surface area contributed by atoms with Gasteiger partial charge in [-0.15, -0.1) is 0 Å². The summed E-state index contributed by atoms with van der Waals surface area (Å²) in [5.74, 6) is 0.720. The topological polar surface area (TPSA) is 75.4 Å². The fraction of sp³-hybridized carbons (Fsp3) is 0.750. The van der Waals surface area contributed by atoms with Gasteiger partial charge in [0, 0.05) is 25.8 Å². The normalized spacial score (nSPS) is 18.9. The number of piperidine rings is 1. The number of aliphatic hydroxyl groups excluding tert-OH is 1. The Kier molecular flexibility index (Phi) is 4.27. The quantitative estimate of drug-likeness (QED) is 0.886. The van der Waals surface area contributed by atoms with E-state index in [0.717, 1.165) is 18.8 Å². The minimum absolute atomic E-state index is 0.120. The lowest BCUT2D eigenvalue weighted by Crippen LogP contribution is -2.40. The first-order valence-electron chi connectivity index (χ1n) is 6.67. The van der Waals surface area contributed by atoms with E-state index in [2.05, 4.69) is 4.98 Å². The van der Waals surface area contributed by atoms with Crippen molar-refractivity contribution in [3.05, 3.63) is 12.0 Å². The molecule has 0 bridgehead atoms. The molecule has 2 heterocycles.